The van der Waals surface area contributed by atoms with Gasteiger partial charge in [-0.25, -0.2) is 4.98 Å². The topological polar surface area (TPSA) is 84.2 Å². The molecule has 0 aliphatic rings. The minimum Gasteiger partial charge on any atom is -0.469 e. The Morgan fingerprint density at radius 2 is 2.00 bits per heavy atom. The first kappa shape index (κ1) is 20.1. The summed E-state index contributed by atoms with van der Waals surface area (Å²) in [4.78, 5) is 28.9. The fourth-order valence-corrected chi connectivity index (χ4v) is 3.59. The van der Waals surface area contributed by atoms with Gasteiger partial charge in [0, 0.05) is 10.4 Å². The molecule has 0 fully saturated rings. The molecule has 2 amide bonds. The van der Waals surface area contributed by atoms with Gasteiger partial charge in [0.25, 0.3) is 5.91 Å². The molecule has 0 radical (unpaired) electrons. The standard InChI is InChI=1S/C20H20ClN3O3S/c1-3-17(13-4-6-14(21)7-5-13)23-18(25)10-15-11-28-20(22-15)24-19(26)16-8-9-27-12(16)2/h4-9,11,17H,3,10H2,1-2H3,(H,23,25)(H,22,24,26). The normalized spacial score (nSPS) is 11.8. The van der Waals surface area contributed by atoms with Gasteiger partial charge in [-0.05, 0) is 37.1 Å². The smallest absolute Gasteiger partial charge is 0.260 e. The number of carbonyl (C=O) groups excluding carboxylic acids is 2. The van der Waals surface area contributed by atoms with Crippen LogP contribution in [0.4, 0.5) is 5.13 Å². The van der Waals surface area contributed by atoms with Gasteiger partial charge in [0.2, 0.25) is 5.91 Å². The lowest BCUT2D eigenvalue weighted by Gasteiger charge is -2.17. The first-order valence-corrected chi connectivity index (χ1v) is 10.1. The number of furan rings is 1. The van der Waals surface area contributed by atoms with Crippen LogP contribution < -0.4 is 10.6 Å². The van der Waals surface area contributed by atoms with Crippen molar-refractivity contribution in [1.82, 2.24) is 10.3 Å². The van der Waals surface area contributed by atoms with Crippen molar-refractivity contribution in [2.75, 3.05) is 5.32 Å². The molecule has 0 bridgehead atoms. The Kier molecular flexibility index (Phi) is 6.49. The summed E-state index contributed by atoms with van der Waals surface area (Å²) in [6.07, 6.45) is 2.36. The van der Waals surface area contributed by atoms with Crippen LogP contribution in [0.2, 0.25) is 5.02 Å². The molecule has 1 atom stereocenters. The van der Waals surface area contributed by atoms with Crippen LogP contribution in [0.1, 0.15) is 46.8 Å². The molecule has 6 nitrogen and oxygen atoms in total. The van der Waals surface area contributed by atoms with Gasteiger partial charge in [-0.3, -0.25) is 14.9 Å². The van der Waals surface area contributed by atoms with Crippen molar-refractivity contribution >= 4 is 39.9 Å². The number of halogens is 1. The molecule has 8 heteroatoms. The van der Waals surface area contributed by atoms with Gasteiger partial charge in [0.15, 0.2) is 5.13 Å². The van der Waals surface area contributed by atoms with E-state index in [1.54, 1.807) is 18.4 Å². The van der Waals surface area contributed by atoms with Gasteiger partial charge in [-0.15, -0.1) is 11.3 Å². The van der Waals surface area contributed by atoms with Gasteiger partial charge in [0.1, 0.15) is 5.76 Å². The fourth-order valence-electron chi connectivity index (χ4n) is 2.76. The van der Waals surface area contributed by atoms with Crippen LogP contribution in [0.3, 0.4) is 0 Å². The van der Waals surface area contributed by atoms with Crippen LogP contribution >= 0.6 is 22.9 Å². The molecule has 2 N–H and O–H groups in total. The minimum absolute atomic E-state index is 0.0911. The number of hydrogen-bond acceptors (Lipinski definition) is 5. The van der Waals surface area contributed by atoms with Gasteiger partial charge < -0.3 is 9.73 Å². The number of benzene rings is 1. The molecule has 0 spiro atoms. The molecule has 146 valence electrons. The second kappa shape index (κ2) is 9.03. The predicted octanol–water partition coefficient (Wildman–Crippen LogP) is 4.76. The Morgan fingerprint density at radius 1 is 1.25 bits per heavy atom. The first-order valence-electron chi connectivity index (χ1n) is 8.81. The van der Waals surface area contributed by atoms with Crippen LogP contribution in [0.5, 0.6) is 0 Å². The van der Waals surface area contributed by atoms with Crippen molar-refractivity contribution in [2.24, 2.45) is 0 Å². The number of carbonyl (C=O) groups is 2. The van der Waals surface area contributed by atoms with Crippen LogP contribution in [-0.4, -0.2) is 16.8 Å². The maximum Gasteiger partial charge on any atom is 0.260 e. The molecule has 0 saturated heterocycles. The highest BCUT2D eigenvalue weighted by Gasteiger charge is 2.16. The third-order valence-corrected chi connectivity index (χ3v) is 5.29. The Hall–Kier alpha value is -2.64. The van der Waals surface area contributed by atoms with E-state index in [-0.39, 0.29) is 24.3 Å². The second-order valence-corrected chi connectivity index (χ2v) is 7.54. The highest BCUT2D eigenvalue weighted by Crippen LogP contribution is 2.21. The average Bonchev–Trinajstić information content (AvgIpc) is 3.29. The highest BCUT2D eigenvalue weighted by molar-refractivity contribution is 7.14. The third-order valence-electron chi connectivity index (χ3n) is 4.23. The molecule has 1 aromatic carbocycles. The zero-order chi connectivity index (χ0) is 20.1. The summed E-state index contributed by atoms with van der Waals surface area (Å²) >= 11 is 7.20. The van der Waals surface area contributed by atoms with Crippen molar-refractivity contribution in [1.29, 1.82) is 0 Å². The van der Waals surface area contributed by atoms with Crippen molar-refractivity contribution in [3.8, 4) is 0 Å². The summed E-state index contributed by atoms with van der Waals surface area (Å²) in [6, 6.07) is 8.95. The zero-order valence-corrected chi connectivity index (χ0v) is 17.1. The Labute approximate surface area is 171 Å². The Morgan fingerprint density at radius 3 is 2.64 bits per heavy atom. The van der Waals surface area contributed by atoms with Crippen molar-refractivity contribution < 1.29 is 14.0 Å². The number of nitrogens with zero attached hydrogens (tertiary/aromatic N) is 1. The third kappa shape index (κ3) is 4.99. The first-order chi connectivity index (χ1) is 13.5. The van der Waals surface area contributed by atoms with E-state index >= 15 is 0 Å². The number of aryl methyl sites for hydroxylation is 1. The van der Waals surface area contributed by atoms with Crippen molar-refractivity contribution in [2.45, 2.75) is 32.7 Å². The molecule has 1 unspecified atom stereocenters. The number of rotatable bonds is 7. The molecule has 0 aliphatic carbocycles. The molecule has 3 rings (SSSR count). The number of nitrogens with one attached hydrogen (secondary N) is 2. The summed E-state index contributed by atoms with van der Waals surface area (Å²) in [6.45, 7) is 3.73. The Bertz CT molecular complexity index is 965. The maximum atomic E-state index is 12.4. The number of thiazole rings is 1. The number of hydrogen-bond donors (Lipinski definition) is 2. The minimum atomic E-state index is -0.287. The van der Waals surface area contributed by atoms with Gasteiger partial charge >= 0.3 is 0 Å². The zero-order valence-electron chi connectivity index (χ0n) is 15.5. The van der Waals surface area contributed by atoms with E-state index < -0.39 is 0 Å². The van der Waals surface area contributed by atoms with Gasteiger partial charge in [-0.2, -0.15) is 0 Å². The van der Waals surface area contributed by atoms with E-state index in [4.69, 9.17) is 16.0 Å². The monoisotopic (exact) mass is 417 g/mol. The molecule has 28 heavy (non-hydrogen) atoms. The predicted molar refractivity (Wildman–Crippen MR) is 110 cm³/mol. The maximum absolute atomic E-state index is 12.4. The van der Waals surface area contributed by atoms with Crippen LogP contribution in [-0.2, 0) is 11.2 Å². The van der Waals surface area contributed by atoms with Crippen molar-refractivity contribution in [3.05, 3.63) is 69.6 Å². The largest absolute Gasteiger partial charge is 0.469 e. The lowest BCUT2D eigenvalue weighted by Crippen LogP contribution is -2.29. The number of anilines is 1. The molecule has 2 heterocycles. The average molecular weight is 418 g/mol. The lowest BCUT2D eigenvalue weighted by molar-refractivity contribution is -0.121. The highest BCUT2D eigenvalue weighted by atomic mass is 35.5. The second-order valence-electron chi connectivity index (χ2n) is 6.25. The molecular formula is C20H20ClN3O3S. The fraction of sp³-hybridized carbons (Fsp3) is 0.250. The summed E-state index contributed by atoms with van der Waals surface area (Å²) < 4.78 is 5.13. The van der Waals surface area contributed by atoms with Crippen LogP contribution in [0.25, 0.3) is 0 Å². The molecule has 0 saturated carbocycles. The Balaban J connectivity index is 1.58. The molecular weight excluding hydrogens is 398 g/mol. The van der Waals surface area contributed by atoms with Crippen LogP contribution in [0, 0.1) is 6.92 Å². The van der Waals surface area contributed by atoms with E-state index in [1.165, 1.54) is 17.6 Å². The molecule has 2 aromatic heterocycles. The molecule has 0 aliphatic heterocycles. The quantitative estimate of drug-likeness (QED) is 0.580. The SMILES string of the molecule is CCC(NC(=O)Cc1csc(NC(=O)c2ccoc2C)n1)c1ccc(Cl)cc1. The van der Waals surface area contributed by atoms with E-state index in [2.05, 4.69) is 15.6 Å². The van der Waals surface area contributed by atoms with Gasteiger partial charge in [0.05, 0.1) is 30.0 Å². The summed E-state index contributed by atoms with van der Waals surface area (Å²) in [5.74, 6) is 0.127. The van der Waals surface area contributed by atoms with E-state index in [0.717, 1.165) is 12.0 Å². The lowest BCUT2D eigenvalue weighted by atomic mass is 10.0. The van der Waals surface area contributed by atoms with Gasteiger partial charge in [-0.1, -0.05) is 30.7 Å². The number of aromatic nitrogens is 1. The van der Waals surface area contributed by atoms with Crippen molar-refractivity contribution in [3.63, 3.8) is 0 Å². The van der Waals surface area contributed by atoms with E-state index in [1.807, 2.05) is 31.2 Å². The summed E-state index contributed by atoms with van der Waals surface area (Å²) in [5.41, 5.74) is 2.07. The summed E-state index contributed by atoms with van der Waals surface area (Å²) in [5, 5.41) is 8.61. The van der Waals surface area contributed by atoms with E-state index in [0.29, 0.717) is 27.2 Å². The van der Waals surface area contributed by atoms with Crippen LogP contribution in [0.15, 0.2) is 46.4 Å². The molecule has 3 aromatic rings. The van der Waals surface area contributed by atoms with E-state index in [9.17, 15) is 9.59 Å². The summed E-state index contributed by atoms with van der Waals surface area (Å²) in [7, 11) is 0. The number of amides is 2.